The van der Waals surface area contributed by atoms with E-state index in [2.05, 4.69) is 20.5 Å². The Morgan fingerprint density at radius 2 is 0.906 bits per heavy atom. The van der Waals surface area contributed by atoms with Crippen molar-refractivity contribution in [3.05, 3.63) is 155 Å². The number of benzene rings is 4. The molecular formula is C42H38N8O3. The van der Waals surface area contributed by atoms with Crippen LogP contribution in [0.4, 0.5) is 34.1 Å². The first-order chi connectivity index (χ1) is 25.9. The minimum atomic E-state index is -0.0202. The maximum absolute atomic E-state index is 9.54. The van der Waals surface area contributed by atoms with Crippen LogP contribution in [-0.2, 0) is 4.74 Å². The van der Waals surface area contributed by atoms with Crippen LogP contribution in [0.25, 0.3) is 12.2 Å². The van der Waals surface area contributed by atoms with Crippen LogP contribution < -0.4 is 9.80 Å². The monoisotopic (exact) mass is 702 g/mol. The summed E-state index contributed by atoms with van der Waals surface area (Å²) in [5.41, 5.74) is 6.99. The fourth-order valence-corrected chi connectivity index (χ4v) is 5.00. The van der Waals surface area contributed by atoms with E-state index >= 15 is 0 Å². The number of nitriles is 2. The minimum absolute atomic E-state index is 0.0202. The molecule has 53 heavy (non-hydrogen) atoms. The second kappa shape index (κ2) is 18.9. The summed E-state index contributed by atoms with van der Waals surface area (Å²) in [6.45, 7) is 1.27. The molecule has 0 unspecified atom stereocenters. The molecule has 1 heterocycles. The van der Waals surface area contributed by atoms with E-state index < -0.39 is 0 Å². The normalized spacial score (nSPS) is 12.8. The average Bonchev–Trinajstić information content (AvgIpc) is 3.19. The summed E-state index contributed by atoms with van der Waals surface area (Å²) < 4.78 is 6.09. The predicted octanol–water partition coefficient (Wildman–Crippen LogP) is 9.24. The summed E-state index contributed by atoms with van der Waals surface area (Å²) in [6.07, 6.45) is 10.6. The van der Waals surface area contributed by atoms with Crippen LogP contribution in [0, 0.1) is 22.7 Å². The van der Waals surface area contributed by atoms with Gasteiger partial charge in [0, 0.05) is 44.1 Å². The highest BCUT2D eigenvalue weighted by molar-refractivity contribution is 5.62. The Morgan fingerprint density at radius 1 is 0.566 bits per heavy atom. The summed E-state index contributed by atoms with van der Waals surface area (Å²) in [5, 5.41) is 54.7. The Balaban J connectivity index is 1.21. The molecule has 11 nitrogen and oxygen atoms in total. The molecule has 0 spiro atoms. The molecule has 0 aromatic heterocycles. The van der Waals surface area contributed by atoms with Gasteiger partial charge in [-0.05, 0) is 108 Å². The fourth-order valence-electron chi connectivity index (χ4n) is 5.00. The maximum atomic E-state index is 9.54. The molecule has 2 N–H and O–H groups in total. The first kappa shape index (κ1) is 37.3. The van der Waals surface area contributed by atoms with Gasteiger partial charge in [-0.2, -0.15) is 31.0 Å². The van der Waals surface area contributed by atoms with Gasteiger partial charge in [0.2, 0.25) is 0 Å². The Labute approximate surface area is 309 Å². The van der Waals surface area contributed by atoms with Crippen LogP contribution >= 0.6 is 0 Å². The molecule has 1 aliphatic rings. The van der Waals surface area contributed by atoms with Crippen molar-refractivity contribution in [2.45, 2.75) is 0 Å². The lowest BCUT2D eigenvalue weighted by molar-refractivity contribution is 0.304. The highest BCUT2D eigenvalue weighted by Crippen LogP contribution is 2.27. The van der Waals surface area contributed by atoms with Crippen molar-refractivity contribution in [1.82, 2.24) is 0 Å². The zero-order chi connectivity index (χ0) is 37.4. The van der Waals surface area contributed by atoms with Gasteiger partial charge < -0.3 is 24.7 Å². The largest absolute Gasteiger partial charge is 0.457 e. The molecule has 0 radical (unpaired) electrons. The summed E-state index contributed by atoms with van der Waals surface area (Å²) >= 11 is 0. The van der Waals surface area contributed by atoms with E-state index in [0.717, 1.165) is 22.5 Å². The molecular weight excluding hydrogens is 665 g/mol. The predicted molar refractivity (Wildman–Crippen MR) is 208 cm³/mol. The van der Waals surface area contributed by atoms with Gasteiger partial charge >= 0.3 is 0 Å². The molecule has 0 amide bonds. The number of allylic oxidation sites excluding steroid dienone is 6. The van der Waals surface area contributed by atoms with E-state index in [1.807, 2.05) is 145 Å². The summed E-state index contributed by atoms with van der Waals surface area (Å²) in [4.78, 5) is 3.91. The summed E-state index contributed by atoms with van der Waals surface area (Å²) in [6, 6.07) is 34.2. The van der Waals surface area contributed by atoms with Crippen molar-refractivity contribution in [3.63, 3.8) is 0 Å². The molecule has 5 rings (SSSR count). The number of aliphatic hydroxyl groups is 2. The highest BCUT2D eigenvalue weighted by Gasteiger charge is 2.12. The van der Waals surface area contributed by atoms with E-state index in [9.17, 15) is 10.5 Å². The Hall–Kier alpha value is -6.92. The smallest absolute Gasteiger partial charge is 0.137 e. The number of hydrogen-bond acceptors (Lipinski definition) is 11. The Bertz CT molecular complexity index is 2000. The van der Waals surface area contributed by atoms with Gasteiger partial charge in [0.1, 0.15) is 29.2 Å². The first-order valence-corrected chi connectivity index (χ1v) is 16.8. The summed E-state index contributed by atoms with van der Waals surface area (Å²) in [5.74, 6) is 0.927. The molecule has 0 aliphatic carbocycles. The number of nitrogens with zero attached hydrogens (tertiary/aromatic N) is 8. The first-order valence-electron chi connectivity index (χ1n) is 16.8. The third-order valence-corrected chi connectivity index (χ3v) is 8.02. The van der Waals surface area contributed by atoms with Crippen molar-refractivity contribution in [3.8, 4) is 12.1 Å². The van der Waals surface area contributed by atoms with Gasteiger partial charge in [-0.25, -0.2) is 0 Å². The van der Waals surface area contributed by atoms with Crippen LogP contribution in [0.5, 0.6) is 0 Å². The van der Waals surface area contributed by atoms with Crippen LogP contribution in [0.15, 0.2) is 164 Å². The van der Waals surface area contributed by atoms with E-state index in [0.29, 0.717) is 52.9 Å². The molecule has 4 aromatic rings. The van der Waals surface area contributed by atoms with Crippen LogP contribution in [0.2, 0.25) is 0 Å². The number of likely N-dealkylation sites (N-methyl/N-ethyl adjacent to an activating group) is 2. The lowest BCUT2D eigenvalue weighted by atomic mass is 10.1. The van der Waals surface area contributed by atoms with E-state index in [-0.39, 0.29) is 18.8 Å². The van der Waals surface area contributed by atoms with E-state index in [4.69, 9.17) is 14.9 Å². The van der Waals surface area contributed by atoms with E-state index in [1.165, 1.54) is 0 Å². The number of hydrogen-bond donors (Lipinski definition) is 2. The van der Waals surface area contributed by atoms with Gasteiger partial charge in [0.05, 0.1) is 36.0 Å². The lowest BCUT2D eigenvalue weighted by Gasteiger charge is -2.17. The standard InChI is InChI=1S/C42H38N8O3/c1-49(23-25-51)39-17-13-37(14-18-39)47-45-35-9-3-31(4-10-35)7-21-41-27-33(34(29-43)30-44)28-42(53-41)22-8-32-5-11-36(12-6-32)46-48-38-15-19-40(20-16-38)50(2)24-26-52/h3-22,27-28,51-52H,23-26H2,1-2H3. The number of aliphatic hydroxyl groups excluding tert-OH is 2. The van der Waals surface area contributed by atoms with Crippen LogP contribution in [-0.4, -0.2) is 50.6 Å². The number of anilines is 2. The molecule has 264 valence electrons. The van der Waals surface area contributed by atoms with Gasteiger partial charge in [-0.1, -0.05) is 36.4 Å². The quantitative estimate of drug-likeness (QED) is 0.0981. The highest BCUT2D eigenvalue weighted by atomic mass is 16.5. The third kappa shape index (κ3) is 11.0. The topological polar surface area (TPSA) is 153 Å². The van der Waals surface area contributed by atoms with Gasteiger partial charge in [0.15, 0.2) is 0 Å². The molecule has 0 saturated heterocycles. The second-order valence-electron chi connectivity index (χ2n) is 11.8. The lowest BCUT2D eigenvalue weighted by Crippen LogP contribution is -2.20. The molecule has 0 fully saturated rings. The van der Waals surface area contributed by atoms with Crippen LogP contribution in [0.1, 0.15) is 11.1 Å². The maximum Gasteiger partial charge on any atom is 0.137 e. The number of ether oxygens (including phenoxy) is 1. The fraction of sp³-hybridized carbons (Fsp3) is 0.143. The zero-order valence-corrected chi connectivity index (χ0v) is 29.4. The average molecular weight is 703 g/mol. The van der Waals surface area contributed by atoms with Gasteiger partial charge in [0.25, 0.3) is 0 Å². The molecule has 11 heteroatoms. The second-order valence-corrected chi connectivity index (χ2v) is 11.8. The minimum Gasteiger partial charge on any atom is -0.457 e. The SMILES string of the molecule is CN(CCO)c1ccc(N=Nc2ccc(C=CC3=CC(=C(C#N)C#N)C=C(C=Cc4ccc(N=Nc5ccc(N(C)CCO)cc5)cc4)O3)cc2)cc1. The molecule has 1 aliphatic heterocycles. The molecule has 4 aromatic carbocycles. The van der Waals surface area contributed by atoms with Crippen molar-refractivity contribution in [1.29, 1.82) is 10.5 Å². The molecule has 0 saturated carbocycles. The number of azo groups is 2. The van der Waals surface area contributed by atoms with Gasteiger partial charge in [-0.3, -0.25) is 0 Å². The van der Waals surface area contributed by atoms with Crippen molar-refractivity contribution < 1.29 is 14.9 Å². The van der Waals surface area contributed by atoms with Crippen molar-refractivity contribution >= 4 is 46.3 Å². The number of rotatable bonds is 14. The third-order valence-electron chi connectivity index (χ3n) is 8.02. The zero-order valence-electron chi connectivity index (χ0n) is 29.4. The van der Waals surface area contributed by atoms with Crippen LogP contribution in [0.3, 0.4) is 0 Å². The Kier molecular flexibility index (Phi) is 13.3. The van der Waals surface area contributed by atoms with Crippen molar-refractivity contribution in [2.75, 3.05) is 50.2 Å². The Morgan fingerprint density at radius 3 is 1.23 bits per heavy atom. The van der Waals surface area contributed by atoms with Crippen molar-refractivity contribution in [2.24, 2.45) is 20.5 Å². The van der Waals surface area contributed by atoms with Gasteiger partial charge in [-0.15, -0.1) is 0 Å². The molecule has 0 bridgehead atoms. The molecule has 0 atom stereocenters. The summed E-state index contributed by atoms with van der Waals surface area (Å²) in [7, 11) is 3.83. The van der Waals surface area contributed by atoms with E-state index in [1.54, 1.807) is 24.3 Å².